The number of likely N-dealkylation sites (tertiary alicyclic amines) is 1. The molecule has 2 aliphatic rings. The minimum absolute atomic E-state index is 0.193. The number of hydrogen-bond donors (Lipinski definition) is 0. The van der Waals surface area contributed by atoms with Crippen molar-refractivity contribution in [3.63, 3.8) is 0 Å². The fourth-order valence-electron chi connectivity index (χ4n) is 4.04. The van der Waals surface area contributed by atoms with Crippen LogP contribution in [0.5, 0.6) is 0 Å². The average Bonchev–Trinajstić information content (AvgIpc) is 2.43. The molecule has 3 unspecified atom stereocenters. The van der Waals surface area contributed by atoms with Gasteiger partial charge in [0.1, 0.15) is 0 Å². The van der Waals surface area contributed by atoms with Gasteiger partial charge in [-0.2, -0.15) is 0 Å². The maximum atomic E-state index is 6.09. The van der Waals surface area contributed by atoms with Crippen LogP contribution in [0.4, 0.5) is 0 Å². The van der Waals surface area contributed by atoms with Crippen LogP contribution >= 0.6 is 11.6 Å². The Balaban J connectivity index is 2.04. The number of benzene rings is 1. The number of rotatable bonds is 1. The number of piperidine rings is 1. The number of hydrogen-bond acceptors (Lipinski definition) is 1. The molecule has 114 valence electrons. The molecule has 1 aliphatic heterocycles. The van der Waals surface area contributed by atoms with Crippen molar-refractivity contribution in [2.24, 2.45) is 11.8 Å². The van der Waals surface area contributed by atoms with E-state index in [-0.39, 0.29) is 5.54 Å². The summed E-state index contributed by atoms with van der Waals surface area (Å²) in [6, 6.07) is 8.98. The van der Waals surface area contributed by atoms with E-state index in [1.165, 1.54) is 24.9 Å². The molecule has 2 heteroatoms. The van der Waals surface area contributed by atoms with Gasteiger partial charge in [0.25, 0.3) is 0 Å². The molecule has 2 bridgehead atoms. The highest BCUT2D eigenvalue weighted by molar-refractivity contribution is 6.30. The molecule has 0 radical (unpaired) electrons. The maximum Gasteiger partial charge on any atom is 0.0418 e. The van der Waals surface area contributed by atoms with Crippen LogP contribution in [0.1, 0.15) is 52.1 Å². The first kappa shape index (κ1) is 15.1. The van der Waals surface area contributed by atoms with E-state index in [4.69, 9.17) is 11.6 Å². The van der Waals surface area contributed by atoms with E-state index >= 15 is 0 Å². The van der Waals surface area contributed by atoms with Crippen molar-refractivity contribution >= 4 is 11.6 Å². The van der Waals surface area contributed by atoms with Gasteiger partial charge in [-0.05, 0) is 70.1 Å². The van der Waals surface area contributed by atoms with Crippen LogP contribution in [-0.2, 0) is 0 Å². The normalized spacial score (nSPS) is 30.1. The number of nitrogens with zero attached hydrogens (tertiary/aromatic N) is 1. The van der Waals surface area contributed by atoms with Gasteiger partial charge in [0.05, 0.1) is 0 Å². The summed E-state index contributed by atoms with van der Waals surface area (Å²) in [4.78, 5) is 2.71. The van der Waals surface area contributed by atoms with E-state index in [1.54, 1.807) is 5.57 Å². The summed E-state index contributed by atoms with van der Waals surface area (Å²) in [5, 5.41) is 0.825. The lowest BCUT2D eigenvalue weighted by Crippen LogP contribution is -2.53. The third kappa shape index (κ3) is 2.91. The van der Waals surface area contributed by atoms with Gasteiger partial charge in [-0.1, -0.05) is 35.4 Å². The lowest BCUT2D eigenvalue weighted by atomic mass is 9.70. The third-order valence-corrected chi connectivity index (χ3v) is 5.44. The second-order valence-electron chi connectivity index (χ2n) is 7.71. The van der Waals surface area contributed by atoms with E-state index in [0.29, 0.717) is 12.0 Å². The Hall–Kier alpha value is -0.790. The Kier molecular flexibility index (Phi) is 3.92. The first-order valence-corrected chi connectivity index (χ1v) is 8.43. The van der Waals surface area contributed by atoms with Gasteiger partial charge in [-0.25, -0.2) is 0 Å². The molecular weight excluding hydrogens is 278 g/mol. The molecule has 0 N–H and O–H groups in total. The molecule has 1 aliphatic carbocycles. The second-order valence-corrected chi connectivity index (χ2v) is 8.15. The molecule has 1 saturated heterocycles. The van der Waals surface area contributed by atoms with Gasteiger partial charge in [0.2, 0.25) is 0 Å². The molecule has 0 aromatic heterocycles. The van der Waals surface area contributed by atoms with Crippen LogP contribution < -0.4 is 0 Å². The van der Waals surface area contributed by atoms with Crippen LogP contribution in [0.25, 0.3) is 0 Å². The lowest BCUT2D eigenvalue weighted by Gasteiger charge is -2.53. The molecular formula is C19H26ClN. The third-order valence-electron chi connectivity index (χ3n) is 5.19. The van der Waals surface area contributed by atoms with Gasteiger partial charge < -0.3 is 0 Å². The molecule has 21 heavy (non-hydrogen) atoms. The van der Waals surface area contributed by atoms with Gasteiger partial charge in [-0.15, -0.1) is 0 Å². The van der Waals surface area contributed by atoms with E-state index in [0.717, 1.165) is 10.9 Å². The SMILES string of the molecule is CC1=CCC2CC1C(c1ccc(Cl)cc1)N(C(C)(C)C)C2. The maximum absolute atomic E-state index is 6.09. The minimum Gasteiger partial charge on any atom is -0.291 e. The predicted octanol–water partition coefficient (Wildman–Crippen LogP) is 5.47. The zero-order chi connectivity index (χ0) is 15.2. The molecule has 1 heterocycles. The van der Waals surface area contributed by atoms with E-state index in [2.05, 4.69) is 50.8 Å². The quantitative estimate of drug-likeness (QED) is 0.622. The highest BCUT2D eigenvalue weighted by atomic mass is 35.5. The number of halogens is 1. The van der Waals surface area contributed by atoms with E-state index in [1.807, 2.05) is 12.1 Å². The molecule has 1 nitrogen and oxygen atoms in total. The molecule has 1 fully saturated rings. The number of allylic oxidation sites excluding steroid dienone is 1. The lowest BCUT2D eigenvalue weighted by molar-refractivity contribution is -0.00648. The largest absolute Gasteiger partial charge is 0.291 e. The smallest absolute Gasteiger partial charge is 0.0418 e. The standard InChI is InChI=1S/C19H26ClN/c1-13-5-6-14-11-17(13)18(21(12-14)19(2,3)4)15-7-9-16(20)10-8-15/h5,7-10,14,17-18H,6,11-12H2,1-4H3. The average molecular weight is 304 g/mol. The van der Waals surface area contributed by atoms with Gasteiger partial charge in [0, 0.05) is 23.1 Å². The molecule has 1 aromatic carbocycles. The van der Waals surface area contributed by atoms with Crippen LogP contribution in [0.2, 0.25) is 5.02 Å². The zero-order valence-electron chi connectivity index (χ0n) is 13.6. The van der Waals surface area contributed by atoms with Gasteiger partial charge >= 0.3 is 0 Å². The Morgan fingerprint density at radius 2 is 1.81 bits per heavy atom. The fraction of sp³-hybridized carbons (Fsp3) is 0.579. The predicted molar refractivity (Wildman–Crippen MR) is 90.6 cm³/mol. The van der Waals surface area contributed by atoms with Crippen molar-refractivity contribution in [3.05, 3.63) is 46.5 Å². The van der Waals surface area contributed by atoms with Crippen molar-refractivity contribution in [2.45, 2.75) is 52.1 Å². The van der Waals surface area contributed by atoms with E-state index in [9.17, 15) is 0 Å². The summed E-state index contributed by atoms with van der Waals surface area (Å²) < 4.78 is 0. The van der Waals surface area contributed by atoms with Crippen molar-refractivity contribution in [2.75, 3.05) is 6.54 Å². The molecule has 3 atom stereocenters. The van der Waals surface area contributed by atoms with Crippen molar-refractivity contribution < 1.29 is 0 Å². The Morgan fingerprint density at radius 3 is 2.43 bits per heavy atom. The molecule has 1 aromatic rings. The van der Waals surface area contributed by atoms with Crippen LogP contribution in [0, 0.1) is 11.8 Å². The first-order valence-electron chi connectivity index (χ1n) is 8.05. The van der Waals surface area contributed by atoms with E-state index < -0.39 is 0 Å². The molecule has 0 saturated carbocycles. The Morgan fingerprint density at radius 1 is 1.14 bits per heavy atom. The monoisotopic (exact) mass is 303 g/mol. The van der Waals surface area contributed by atoms with Crippen molar-refractivity contribution in [1.82, 2.24) is 4.90 Å². The Labute approximate surface area is 134 Å². The zero-order valence-corrected chi connectivity index (χ0v) is 14.3. The highest BCUT2D eigenvalue weighted by Gasteiger charge is 2.43. The summed E-state index contributed by atoms with van der Waals surface area (Å²) in [6.07, 6.45) is 5.06. The van der Waals surface area contributed by atoms with Crippen LogP contribution in [0.15, 0.2) is 35.9 Å². The first-order chi connectivity index (χ1) is 9.86. The van der Waals surface area contributed by atoms with Crippen LogP contribution in [-0.4, -0.2) is 17.0 Å². The van der Waals surface area contributed by atoms with Crippen molar-refractivity contribution in [1.29, 1.82) is 0 Å². The summed E-state index contributed by atoms with van der Waals surface area (Å²) >= 11 is 6.09. The van der Waals surface area contributed by atoms with Crippen molar-refractivity contribution in [3.8, 4) is 0 Å². The second kappa shape index (κ2) is 5.44. The summed E-state index contributed by atoms with van der Waals surface area (Å²) in [5.41, 5.74) is 3.17. The topological polar surface area (TPSA) is 3.24 Å². The molecule has 0 spiro atoms. The fourth-order valence-corrected chi connectivity index (χ4v) is 4.17. The Bertz CT molecular complexity index is 538. The summed E-state index contributed by atoms with van der Waals surface area (Å²) in [7, 11) is 0. The summed E-state index contributed by atoms with van der Waals surface area (Å²) in [6.45, 7) is 10.6. The van der Waals surface area contributed by atoms with Gasteiger partial charge in [0.15, 0.2) is 0 Å². The molecule has 3 rings (SSSR count). The highest BCUT2D eigenvalue weighted by Crippen LogP contribution is 2.48. The minimum atomic E-state index is 0.193. The van der Waals surface area contributed by atoms with Gasteiger partial charge in [-0.3, -0.25) is 4.90 Å². The van der Waals surface area contributed by atoms with Crippen LogP contribution in [0.3, 0.4) is 0 Å². The number of fused-ring (bicyclic) bond motifs is 2. The summed E-state index contributed by atoms with van der Waals surface area (Å²) in [5.74, 6) is 1.47. The molecule has 0 amide bonds.